The van der Waals surface area contributed by atoms with Gasteiger partial charge in [-0.25, -0.2) is 4.79 Å². The van der Waals surface area contributed by atoms with Gasteiger partial charge in [0, 0.05) is 0 Å². The molecule has 0 fully saturated rings. The quantitative estimate of drug-likeness (QED) is 0.834. The Morgan fingerprint density at radius 3 is 3.11 bits per heavy atom. The van der Waals surface area contributed by atoms with Gasteiger partial charge in [-0.1, -0.05) is 6.07 Å². The predicted molar refractivity (Wildman–Crippen MR) is 66.4 cm³/mol. The zero-order chi connectivity index (χ0) is 13.1. The van der Waals surface area contributed by atoms with E-state index in [4.69, 9.17) is 9.47 Å². The van der Waals surface area contributed by atoms with Gasteiger partial charge < -0.3 is 14.6 Å². The van der Waals surface area contributed by atoms with Gasteiger partial charge in [0.15, 0.2) is 6.10 Å². The van der Waals surface area contributed by atoms with E-state index in [2.05, 4.69) is 0 Å². The summed E-state index contributed by atoms with van der Waals surface area (Å²) in [6.45, 7) is 4.01. The van der Waals surface area contributed by atoms with Crippen molar-refractivity contribution in [2.75, 3.05) is 6.61 Å². The highest BCUT2D eigenvalue weighted by Gasteiger charge is 2.22. The Morgan fingerprint density at radius 1 is 1.61 bits per heavy atom. The third-order valence-corrected chi connectivity index (χ3v) is 3.06. The van der Waals surface area contributed by atoms with Gasteiger partial charge >= 0.3 is 5.97 Å². The van der Waals surface area contributed by atoms with Crippen molar-refractivity contribution in [1.29, 1.82) is 0 Å². The predicted octanol–water partition coefficient (Wildman–Crippen LogP) is 2.00. The van der Waals surface area contributed by atoms with Gasteiger partial charge in [0.2, 0.25) is 0 Å². The van der Waals surface area contributed by atoms with E-state index in [-0.39, 0.29) is 12.7 Å². The van der Waals surface area contributed by atoms with Crippen LogP contribution in [0.4, 0.5) is 0 Å². The number of fused-ring (bicyclic) bond motifs is 1. The third kappa shape index (κ3) is 2.64. The molecule has 0 saturated heterocycles. The van der Waals surface area contributed by atoms with Gasteiger partial charge in [-0.3, -0.25) is 0 Å². The van der Waals surface area contributed by atoms with Crippen molar-refractivity contribution in [1.82, 2.24) is 0 Å². The summed E-state index contributed by atoms with van der Waals surface area (Å²) in [6, 6.07) is 5.34. The first-order chi connectivity index (χ1) is 8.61. The fourth-order valence-corrected chi connectivity index (χ4v) is 2.07. The Bertz CT molecular complexity index is 441. The number of esters is 1. The van der Waals surface area contributed by atoms with Crippen LogP contribution in [0.3, 0.4) is 0 Å². The van der Waals surface area contributed by atoms with Crippen LogP contribution in [0, 0.1) is 0 Å². The summed E-state index contributed by atoms with van der Waals surface area (Å²) in [6.07, 6.45) is 0.860. The number of hydrogen-bond donors (Lipinski definition) is 1. The number of aliphatic hydroxyl groups excluding tert-OH is 1. The van der Waals surface area contributed by atoms with E-state index >= 15 is 0 Å². The molecule has 0 aliphatic carbocycles. The average Bonchev–Trinajstić information content (AvgIpc) is 2.37. The molecule has 2 rings (SSSR count). The summed E-state index contributed by atoms with van der Waals surface area (Å²) >= 11 is 0. The molecule has 1 N–H and O–H groups in total. The molecule has 1 aromatic rings. The van der Waals surface area contributed by atoms with E-state index in [1.54, 1.807) is 13.0 Å². The molecule has 2 unspecified atom stereocenters. The molecule has 2 atom stereocenters. The molecule has 0 saturated carbocycles. The van der Waals surface area contributed by atoms with Crippen LogP contribution in [-0.4, -0.2) is 23.8 Å². The summed E-state index contributed by atoms with van der Waals surface area (Å²) in [5.41, 5.74) is 1.60. The van der Waals surface area contributed by atoms with Crippen LogP contribution in [0.1, 0.15) is 37.5 Å². The number of aryl methyl sites for hydroxylation is 1. The minimum absolute atomic E-state index is 0.221. The van der Waals surface area contributed by atoms with Crippen molar-refractivity contribution in [2.24, 2.45) is 0 Å². The highest BCUT2D eigenvalue weighted by Crippen LogP contribution is 2.30. The van der Waals surface area contributed by atoms with Crippen molar-refractivity contribution >= 4 is 5.97 Å². The second-order valence-corrected chi connectivity index (χ2v) is 4.49. The first-order valence-corrected chi connectivity index (χ1v) is 6.26. The monoisotopic (exact) mass is 250 g/mol. The van der Waals surface area contributed by atoms with Crippen LogP contribution >= 0.6 is 0 Å². The lowest BCUT2D eigenvalue weighted by molar-refractivity contribution is -0.153. The van der Waals surface area contributed by atoms with Crippen molar-refractivity contribution in [3.05, 3.63) is 29.3 Å². The summed E-state index contributed by atoms with van der Waals surface area (Å²) in [5.74, 6) is 0.233. The molecule has 1 aliphatic heterocycles. The van der Waals surface area contributed by atoms with Crippen LogP contribution in [0.5, 0.6) is 5.75 Å². The van der Waals surface area contributed by atoms with E-state index in [0.717, 1.165) is 24.2 Å². The zero-order valence-electron chi connectivity index (χ0n) is 10.7. The molecular formula is C14H18O4. The first kappa shape index (κ1) is 12.9. The normalized spacial score (nSPS) is 19.6. The highest BCUT2D eigenvalue weighted by atomic mass is 16.5. The topological polar surface area (TPSA) is 55.8 Å². The molecule has 4 heteroatoms. The lowest BCUT2D eigenvalue weighted by Gasteiger charge is -2.24. The number of hydrogen-bond acceptors (Lipinski definition) is 4. The summed E-state index contributed by atoms with van der Waals surface area (Å²) in [4.78, 5) is 11.5. The lowest BCUT2D eigenvalue weighted by atomic mass is 9.98. The molecule has 1 aliphatic rings. The SMILES string of the molecule is CCOC(=O)C(O)c1ccc2c(c1)CCC(C)O2. The number of carbonyl (C=O) groups is 1. The molecule has 0 radical (unpaired) electrons. The van der Waals surface area contributed by atoms with Crippen molar-refractivity contribution in [3.63, 3.8) is 0 Å². The Hall–Kier alpha value is -1.55. The van der Waals surface area contributed by atoms with Gasteiger partial charge in [-0.05, 0) is 49.9 Å². The number of benzene rings is 1. The molecule has 98 valence electrons. The Balaban J connectivity index is 2.18. The van der Waals surface area contributed by atoms with Crippen molar-refractivity contribution in [3.8, 4) is 5.75 Å². The minimum Gasteiger partial charge on any atom is -0.490 e. The van der Waals surface area contributed by atoms with Gasteiger partial charge in [0.1, 0.15) is 5.75 Å². The first-order valence-electron chi connectivity index (χ1n) is 6.26. The zero-order valence-corrected chi connectivity index (χ0v) is 10.7. The van der Waals surface area contributed by atoms with E-state index in [0.29, 0.717) is 5.56 Å². The second-order valence-electron chi connectivity index (χ2n) is 4.49. The number of rotatable bonds is 3. The highest BCUT2D eigenvalue weighted by molar-refractivity contribution is 5.76. The summed E-state index contributed by atoms with van der Waals surface area (Å²) in [7, 11) is 0. The molecule has 0 spiro atoms. The molecular weight excluding hydrogens is 232 g/mol. The summed E-state index contributed by atoms with van der Waals surface area (Å²) < 4.78 is 10.5. The Morgan fingerprint density at radius 2 is 2.39 bits per heavy atom. The smallest absolute Gasteiger partial charge is 0.339 e. The summed E-state index contributed by atoms with van der Waals surface area (Å²) in [5, 5.41) is 9.86. The standard InChI is InChI=1S/C14H18O4/c1-3-17-14(16)13(15)11-6-7-12-10(8-11)5-4-9(2)18-12/h6-9,13,15H,3-5H2,1-2H3. The molecule has 18 heavy (non-hydrogen) atoms. The number of carbonyl (C=O) groups excluding carboxylic acids is 1. The van der Waals surface area contributed by atoms with E-state index in [1.165, 1.54) is 0 Å². The number of aliphatic hydroxyl groups is 1. The molecule has 0 bridgehead atoms. The maximum absolute atomic E-state index is 11.5. The molecule has 1 heterocycles. The average molecular weight is 250 g/mol. The maximum Gasteiger partial charge on any atom is 0.339 e. The second kappa shape index (κ2) is 5.40. The van der Waals surface area contributed by atoms with E-state index in [9.17, 15) is 9.90 Å². The van der Waals surface area contributed by atoms with Crippen LogP contribution in [0.2, 0.25) is 0 Å². The van der Waals surface area contributed by atoms with Crippen molar-refractivity contribution < 1.29 is 19.4 Å². The van der Waals surface area contributed by atoms with Gasteiger partial charge in [0.05, 0.1) is 12.7 Å². The van der Waals surface area contributed by atoms with Crippen LogP contribution in [0.15, 0.2) is 18.2 Å². The third-order valence-electron chi connectivity index (χ3n) is 3.06. The molecule has 0 aromatic heterocycles. The van der Waals surface area contributed by atoms with Crippen molar-refractivity contribution in [2.45, 2.75) is 38.9 Å². The molecule has 0 amide bonds. The van der Waals surface area contributed by atoms with E-state index < -0.39 is 12.1 Å². The van der Waals surface area contributed by atoms with Crippen LogP contribution in [-0.2, 0) is 16.0 Å². The van der Waals surface area contributed by atoms with Gasteiger partial charge in [-0.15, -0.1) is 0 Å². The number of ether oxygens (including phenoxy) is 2. The Kier molecular flexibility index (Phi) is 3.87. The maximum atomic E-state index is 11.5. The molecule has 4 nitrogen and oxygen atoms in total. The minimum atomic E-state index is -1.21. The van der Waals surface area contributed by atoms with Crippen LogP contribution in [0.25, 0.3) is 0 Å². The largest absolute Gasteiger partial charge is 0.490 e. The lowest BCUT2D eigenvalue weighted by Crippen LogP contribution is -2.20. The Labute approximate surface area is 107 Å². The van der Waals surface area contributed by atoms with Gasteiger partial charge in [0.25, 0.3) is 0 Å². The molecule has 1 aromatic carbocycles. The van der Waals surface area contributed by atoms with E-state index in [1.807, 2.05) is 19.1 Å². The van der Waals surface area contributed by atoms with Crippen LogP contribution < -0.4 is 4.74 Å². The fraction of sp³-hybridized carbons (Fsp3) is 0.500. The fourth-order valence-electron chi connectivity index (χ4n) is 2.07. The van der Waals surface area contributed by atoms with Gasteiger partial charge in [-0.2, -0.15) is 0 Å².